The first-order valence-electron chi connectivity index (χ1n) is 12.2. The summed E-state index contributed by atoms with van der Waals surface area (Å²) in [7, 11) is -0.312. The molecule has 0 radical (unpaired) electrons. The van der Waals surface area contributed by atoms with Crippen molar-refractivity contribution in [3.8, 4) is 22.6 Å². The molecular weight excluding hydrogens is 492 g/mol. The van der Waals surface area contributed by atoms with Gasteiger partial charge in [-0.3, -0.25) is 4.90 Å². The van der Waals surface area contributed by atoms with Crippen molar-refractivity contribution in [2.45, 2.75) is 37.4 Å². The minimum Gasteiger partial charge on any atom is -0.497 e. The zero-order valence-electron chi connectivity index (χ0n) is 21.6. The molecule has 3 aromatic rings. The molecule has 0 saturated carbocycles. The SMILES string of the molecule is COc1cccc(-c2ccc3c(c2)O[C@@H](CN(C)Cc2cncnc2)[C@H](C)CN([C@@H](C)CO)S3(=O)=O)c1. The topological polar surface area (TPSA) is 105 Å². The molecule has 9 nitrogen and oxygen atoms in total. The molecule has 0 bridgehead atoms. The summed E-state index contributed by atoms with van der Waals surface area (Å²) in [6.45, 7) is 4.83. The maximum Gasteiger partial charge on any atom is 0.247 e. The number of methoxy groups -OCH3 is 1. The maximum atomic E-state index is 13.7. The highest BCUT2D eigenvalue weighted by atomic mass is 32.2. The van der Waals surface area contributed by atoms with E-state index in [-0.39, 0.29) is 30.1 Å². The zero-order valence-corrected chi connectivity index (χ0v) is 22.4. The summed E-state index contributed by atoms with van der Waals surface area (Å²) < 4.78 is 40.7. The van der Waals surface area contributed by atoms with Crippen molar-refractivity contribution in [2.24, 2.45) is 5.92 Å². The van der Waals surface area contributed by atoms with Crippen molar-refractivity contribution in [1.82, 2.24) is 19.2 Å². The maximum absolute atomic E-state index is 13.7. The van der Waals surface area contributed by atoms with E-state index in [1.807, 2.05) is 38.2 Å². The second kappa shape index (κ2) is 11.6. The second-order valence-corrected chi connectivity index (χ2v) is 11.4. The monoisotopic (exact) mass is 526 g/mol. The van der Waals surface area contributed by atoms with Crippen LogP contribution < -0.4 is 9.47 Å². The molecule has 0 unspecified atom stereocenters. The lowest BCUT2D eigenvalue weighted by Crippen LogP contribution is -2.49. The number of hydrogen-bond donors (Lipinski definition) is 1. The van der Waals surface area contributed by atoms with Gasteiger partial charge in [-0.25, -0.2) is 18.4 Å². The Hall–Kier alpha value is -3.05. The predicted octanol–water partition coefficient (Wildman–Crippen LogP) is 3.05. The molecule has 4 rings (SSSR count). The first-order valence-corrected chi connectivity index (χ1v) is 13.7. The number of aliphatic hydroxyl groups is 1. The van der Waals surface area contributed by atoms with E-state index in [1.54, 1.807) is 44.6 Å². The molecule has 2 heterocycles. The second-order valence-electron chi connectivity index (χ2n) is 9.58. The van der Waals surface area contributed by atoms with Gasteiger partial charge in [0.25, 0.3) is 0 Å². The molecule has 0 amide bonds. The number of benzene rings is 2. The number of fused-ring (bicyclic) bond motifs is 1. The smallest absolute Gasteiger partial charge is 0.247 e. The summed E-state index contributed by atoms with van der Waals surface area (Å²) in [5, 5.41) is 9.86. The Morgan fingerprint density at radius 3 is 2.62 bits per heavy atom. The molecule has 1 aliphatic rings. The normalized spacial score (nSPS) is 20.4. The van der Waals surface area contributed by atoms with Crippen LogP contribution in [0, 0.1) is 5.92 Å². The Morgan fingerprint density at radius 2 is 1.92 bits per heavy atom. The van der Waals surface area contributed by atoms with Gasteiger partial charge in [0.2, 0.25) is 10.0 Å². The Morgan fingerprint density at radius 1 is 1.19 bits per heavy atom. The highest BCUT2D eigenvalue weighted by Crippen LogP contribution is 2.37. The van der Waals surface area contributed by atoms with Gasteiger partial charge in [-0.15, -0.1) is 0 Å². The molecule has 1 aliphatic heterocycles. The van der Waals surface area contributed by atoms with Gasteiger partial charge in [-0.2, -0.15) is 4.31 Å². The van der Waals surface area contributed by atoms with Crippen LogP contribution in [0.1, 0.15) is 19.4 Å². The van der Waals surface area contributed by atoms with Gasteiger partial charge in [-0.05, 0) is 49.4 Å². The first kappa shape index (κ1) is 27.0. The van der Waals surface area contributed by atoms with E-state index in [0.717, 1.165) is 16.7 Å². The number of likely N-dealkylation sites (N-methyl/N-ethyl adjacent to an activating group) is 1. The fraction of sp³-hybridized carbons (Fsp3) is 0.407. The van der Waals surface area contributed by atoms with E-state index in [0.29, 0.717) is 24.6 Å². The summed E-state index contributed by atoms with van der Waals surface area (Å²) in [4.78, 5) is 10.4. The fourth-order valence-corrected chi connectivity index (χ4v) is 6.35. The molecule has 1 N–H and O–H groups in total. The average molecular weight is 527 g/mol. The van der Waals surface area contributed by atoms with Crippen molar-refractivity contribution < 1.29 is 23.0 Å². The molecule has 1 aromatic heterocycles. The van der Waals surface area contributed by atoms with Gasteiger partial charge in [0.15, 0.2) is 0 Å². The first-order chi connectivity index (χ1) is 17.7. The van der Waals surface area contributed by atoms with Gasteiger partial charge in [0.1, 0.15) is 28.8 Å². The molecule has 37 heavy (non-hydrogen) atoms. The van der Waals surface area contributed by atoms with Gasteiger partial charge in [0, 0.05) is 49.6 Å². The van der Waals surface area contributed by atoms with Crippen molar-refractivity contribution in [1.29, 1.82) is 0 Å². The Balaban J connectivity index is 1.73. The van der Waals surface area contributed by atoms with Gasteiger partial charge < -0.3 is 14.6 Å². The average Bonchev–Trinajstić information content (AvgIpc) is 2.90. The highest BCUT2D eigenvalue weighted by Gasteiger charge is 2.38. The largest absolute Gasteiger partial charge is 0.497 e. The van der Waals surface area contributed by atoms with Crippen LogP contribution in [-0.4, -0.2) is 78.7 Å². The number of aromatic nitrogens is 2. The lowest BCUT2D eigenvalue weighted by atomic mass is 10.0. The number of rotatable bonds is 8. The molecule has 0 saturated heterocycles. The molecule has 0 fully saturated rings. The summed E-state index contributed by atoms with van der Waals surface area (Å²) in [5.74, 6) is 0.856. The third kappa shape index (κ3) is 6.10. The number of sulfonamides is 1. The number of hydrogen-bond acceptors (Lipinski definition) is 8. The standard InChI is InChI=1S/C27H34N4O5S/c1-19-14-31(20(2)17-32)37(33,34)27-9-8-23(22-6-5-7-24(10-22)35-4)11-25(27)36-26(19)16-30(3)15-21-12-28-18-29-13-21/h5-13,18-20,26,32H,14-17H2,1-4H3/t19-,20+,26+/m1/s1. The highest BCUT2D eigenvalue weighted by molar-refractivity contribution is 7.89. The third-order valence-corrected chi connectivity index (χ3v) is 8.65. The molecule has 10 heteroatoms. The van der Waals surface area contributed by atoms with Crippen LogP contribution in [0.25, 0.3) is 11.1 Å². The number of nitrogens with zero attached hydrogens (tertiary/aromatic N) is 4. The summed E-state index contributed by atoms with van der Waals surface area (Å²) >= 11 is 0. The van der Waals surface area contributed by atoms with E-state index in [2.05, 4.69) is 14.9 Å². The third-order valence-electron chi connectivity index (χ3n) is 6.63. The zero-order chi connectivity index (χ0) is 26.6. The van der Waals surface area contributed by atoms with Gasteiger partial charge >= 0.3 is 0 Å². The van der Waals surface area contributed by atoms with Gasteiger partial charge in [0.05, 0.1) is 13.7 Å². The summed E-state index contributed by atoms with van der Waals surface area (Å²) in [6.07, 6.45) is 4.74. The van der Waals surface area contributed by atoms with Crippen LogP contribution in [0.4, 0.5) is 0 Å². The lowest BCUT2D eigenvalue weighted by molar-refractivity contribution is 0.0733. The quantitative estimate of drug-likeness (QED) is 0.478. The van der Waals surface area contributed by atoms with Crippen LogP contribution in [0.3, 0.4) is 0 Å². The number of aliphatic hydroxyl groups excluding tert-OH is 1. The van der Waals surface area contributed by atoms with Crippen LogP contribution >= 0.6 is 0 Å². The Labute approximate surface area is 218 Å². The van der Waals surface area contributed by atoms with Crippen molar-refractivity contribution in [2.75, 3.05) is 33.9 Å². The van der Waals surface area contributed by atoms with Crippen LogP contribution in [0.15, 0.2) is 66.1 Å². The van der Waals surface area contributed by atoms with E-state index in [1.165, 1.54) is 10.6 Å². The molecule has 198 valence electrons. The van der Waals surface area contributed by atoms with Crippen molar-refractivity contribution in [3.05, 3.63) is 66.7 Å². The summed E-state index contributed by atoms with van der Waals surface area (Å²) in [6, 6.07) is 12.2. The van der Waals surface area contributed by atoms with E-state index in [4.69, 9.17) is 9.47 Å². The Bertz CT molecular complexity index is 1310. The van der Waals surface area contributed by atoms with Crippen LogP contribution in [0.5, 0.6) is 11.5 Å². The van der Waals surface area contributed by atoms with Crippen LogP contribution in [0.2, 0.25) is 0 Å². The molecule has 2 aromatic carbocycles. The van der Waals surface area contributed by atoms with Crippen molar-refractivity contribution in [3.63, 3.8) is 0 Å². The Kier molecular flexibility index (Phi) is 8.43. The molecule has 0 aliphatic carbocycles. The van der Waals surface area contributed by atoms with Crippen molar-refractivity contribution >= 4 is 10.0 Å². The minimum atomic E-state index is -3.91. The van der Waals surface area contributed by atoms with E-state index >= 15 is 0 Å². The van der Waals surface area contributed by atoms with E-state index < -0.39 is 16.1 Å². The molecule has 3 atom stereocenters. The predicted molar refractivity (Wildman–Crippen MR) is 141 cm³/mol. The number of ether oxygens (including phenoxy) is 2. The minimum absolute atomic E-state index is 0.0930. The fourth-order valence-electron chi connectivity index (χ4n) is 4.52. The van der Waals surface area contributed by atoms with E-state index in [9.17, 15) is 13.5 Å². The lowest BCUT2D eigenvalue weighted by Gasteiger charge is -2.37. The molecular formula is C27H34N4O5S. The summed E-state index contributed by atoms with van der Waals surface area (Å²) in [5.41, 5.74) is 2.68. The van der Waals surface area contributed by atoms with Crippen LogP contribution in [-0.2, 0) is 16.6 Å². The molecule has 0 spiro atoms. The van der Waals surface area contributed by atoms with Gasteiger partial charge in [-0.1, -0.05) is 25.1 Å².